The number of hydrogen-bond acceptors (Lipinski definition) is 3. The summed E-state index contributed by atoms with van der Waals surface area (Å²) in [7, 11) is 0. The number of amides is 1. The molecule has 2 saturated heterocycles. The van der Waals surface area contributed by atoms with E-state index < -0.39 is 0 Å². The van der Waals surface area contributed by atoms with Gasteiger partial charge in [0, 0.05) is 17.2 Å². The maximum absolute atomic E-state index is 11.9. The van der Waals surface area contributed by atoms with E-state index in [0.29, 0.717) is 4.75 Å². The van der Waals surface area contributed by atoms with E-state index in [0.717, 1.165) is 32.5 Å². The van der Waals surface area contributed by atoms with Gasteiger partial charge in [-0.25, -0.2) is 0 Å². The van der Waals surface area contributed by atoms with Gasteiger partial charge in [-0.2, -0.15) is 11.8 Å². The molecule has 0 aromatic heterocycles. The molecule has 2 aliphatic heterocycles. The highest BCUT2D eigenvalue weighted by Gasteiger charge is 2.30. The van der Waals surface area contributed by atoms with Gasteiger partial charge in [0.25, 0.3) is 0 Å². The number of rotatable bonds is 3. The molecule has 0 aromatic carbocycles. The van der Waals surface area contributed by atoms with Crippen LogP contribution in [0.4, 0.5) is 0 Å². The Labute approximate surface area is 102 Å². The van der Waals surface area contributed by atoms with E-state index in [9.17, 15) is 4.79 Å². The molecule has 0 radical (unpaired) electrons. The van der Waals surface area contributed by atoms with Crippen molar-refractivity contribution in [3.63, 3.8) is 0 Å². The second kappa shape index (κ2) is 5.41. The van der Waals surface area contributed by atoms with E-state index in [4.69, 9.17) is 0 Å². The van der Waals surface area contributed by atoms with Crippen molar-refractivity contribution in [2.24, 2.45) is 5.92 Å². The van der Waals surface area contributed by atoms with Crippen molar-refractivity contribution in [2.45, 2.75) is 37.4 Å². The first-order valence-corrected chi connectivity index (χ1v) is 7.31. The topological polar surface area (TPSA) is 41.1 Å². The van der Waals surface area contributed by atoms with Crippen LogP contribution in [0.15, 0.2) is 0 Å². The van der Waals surface area contributed by atoms with Crippen LogP contribution in [-0.4, -0.2) is 36.0 Å². The highest BCUT2D eigenvalue weighted by molar-refractivity contribution is 8.00. The molecule has 0 spiro atoms. The van der Waals surface area contributed by atoms with Crippen LogP contribution in [-0.2, 0) is 4.79 Å². The number of carbonyl (C=O) groups is 1. The minimum absolute atomic E-state index is 0.247. The molecule has 4 heteroatoms. The predicted octanol–water partition coefficient (Wildman–Crippen LogP) is 1.39. The third-order valence-corrected chi connectivity index (χ3v) is 5.19. The number of hydrogen-bond donors (Lipinski definition) is 2. The Balaban J connectivity index is 1.74. The lowest BCUT2D eigenvalue weighted by atomic mass is 9.97. The lowest BCUT2D eigenvalue weighted by Crippen LogP contribution is -2.42. The van der Waals surface area contributed by atoms with Crippen LogP contribution < -0.4 is 10.6 Å². The lowest BCUT2D eigenvalue weighted by Gasteiger charge is -2.26. The van der Waals surface area contributed by atoms with Gasteiger partial charge in [-0.1, -0.05) is 0 Å². The van der Waals surface area contributed by atoms with E-state index in [1.807, 2.05) is 11.8 Å². The van der Waals surface area contributed by atoms with Crippen LogP contribution in [0.2, 0.25) is 0 Å². The molecule has 1 amide bonds. The molecule has 0 aliphatic carbocycles. The first kappa shape index (κ1) is 12.2. The Hall–Kier alpha value is -0.220. The van der Waals surface area contributed by atoms with E-state index in [1.54, 1.807) is 0 Å². The second-order valence-electron chi connectivity index (χ2n) is 5.14. The average Bonchev–Trinajstić information content (AvgIpc) is 2.75. The Morgan fingerprint density at radius 1 is 1.50 bits per heavy atom. The second-order valence-corrected chi connectivity index (χ2v) is 6.83. The molecule has 1 unspecified atom stereocenters. The molecule has 2 heterocycles. The van der Waals surface area contributed by atoms with Gasteiger partial charge in [0.15, 0.2) is 0 Å². The SMILES string of the molecule is CC1(CNC(=O)C2CCNCC2)CCCS1. The van der Waals surface area contributed by atoms with Crippen molar-refractivity contribution in [2.75, 3.05) is 25.4 Å². The average molecular weight is 242 g/mol. The summed E-state index contributed by atoms with van der Waals surface area (Å²) in [5.74, 6) is 1.77. The Morgan fingerprint density at radius 3 is 2.88 bits per heavy atom. The van der Waals surface area contributed by atoms with Gasteiger partial charge in [-0.3, -0.25) is 4.79 Å². The zero-order valence-electron chi connectivity index (χ0n) is 10.1. The van der Waals surface area contributed by atoms with Gasteiger partial charge in [0.05, 0.1) is 0 Å². The fourth-order valence-electron chi connectivity index (χ4n) is 2.48. The summed E-state index contributed by atoms with van der Waals surface area (Å²) < 4.78 is 0.294. The maximum Gasteiger partial charge on any atom is 0.223 e. The summed E-state index contributed by atoms with van der Waals surface area (Å²) in [5.41, 5.74) is 0. The Bertz CT molecular complexity index is 245. The first-order chi connectivity index (χ1) is 7.70. The molecule has 2 rings (SSSR count). The molecular weight excluding hydrogens is 220 g/mol. The highest BCUT2D eigenvalue weighted by Crippen LogP contribution is 2.37. The fourth-order valence-corrected chi connectivity index (χ4v) is 3.72. The van der Waals surface area contributed by atoms with Gasteiger partial charge < -0.3 is 10.6 Å². The maximum atomic E-state index is 11.9. The van der Waals surface area contributed by atoms with Gasteiger partial charge in [-0.05, 0) is 51.4 Å². The lowest BCUT2D eigenvalue weighted by molar-refractivity contribution is -0.125. The minimum Gasteiger partial charge on any atom is -0.354 e. The minimum atomic E-state index is 0.247. The van der Waals surface area contributed by atoms with Crippen LogP contribution in [0.3, 0.4) is 0 Å². The van der Waals surface area contributed by atoms with Crippen LogP contribution >= 0.6 is 11.8 Å². The van der Waals surface area contributed by atoms with Gasteiger partial charge in [-0.15, -0.1) is 0 Å². The third-order valence-electron chi connectivity index (χ3n) is 3.65. The van der Waals surface area contributed by atoms with Gasteiger partial charge >= 0.3 is 0 Å². The van der Waals surface area contributed by atoms with E-state index in [2.05, 4.69) is 17.6 Å². The summed E-state index contributed by atoms with van der Waals surface area (Å²) in [5, 5.41) is 6.44. The molecule has 3 nitrogen and oxygen atoms in total. The Morgan fingerprint density at radius 2 is 2.25 bits per heavy atom. The normalized spacial score (nSPS) is 31.6. The van der Waals surface area contributed by atoms with E-state index >= 15 is 0 Å². The van der Waals surface area contributed by atoms with Crippen molar-refractivity contribution in [1.29, 1.82) is 0 Å². The summed E-state index contributed by atoms with van der Waals surface area (Å²) in [6.45, 7) is 5.10. The van der Waals surface area contributed by atoms with Crippen molar-refractivity contribution < 1.29 is 4.79 Å². The molecule has 92 valence electrons. The predicted molar refractivity (Wildman–Crippen MR) is 68.7 cm³/mol. The van der Waals surface area contributed by atoms with Crippen molar-refractivity contribution in [1.82, 2.24) is 10.6 Å². The molecule has 1 atom stereocenters. The van der Waals surface area contributed by atoms with Crippen LogP contribution in [0.25, 0.3) is 0 Å². The monoisotopic (exact) mass is 242 g/mol. The smallest absolute Gasteiger partial charge is 0.223 e. The highest BCUT2D eigenvalue weighted by atomic mass is 32.2. The zero-order chi connectivity index (χ0) is 11.4. The third kappa shape index (κ3) is 3.14. The molecule has 0 saturated carbocycles. The van der Waals surface area contributed by atoms with Crippen LogP contribution in [0.5, 0.6) is 0 Å². The number of thioether (sulfide) groups is 1. The molecule has 2 N–H and O–H groups in total. The first-order valence-electron chi connectivity index (χ1n) is 6.32. The largest absolute Gasteiger partial charge is 0.354 e. The summed E-state index contributed by atoms with van der Waals surface area (Å²) in [4.78, 5) is 11.9. The summed E-state index contributed by atoms with van der Waals surface area (Å²) in [6.07, 6.45) is 4.53. The quantitative estimate of drug-likeness (QED) is 0.786. The van der Waals surface area contributed by atoms with Crippen LogP contribution in [0.1, 0.15) is 32.6 Å². The van der Waals surface area contributed by atoms with Crippen molar-refractivity contribution >= 4 is 17.7 Å². The van der Waals surface area contributed by atoms with E-state index in [-0.39, 0.29) is 11.8 Å². The van der Waals surface area contributed by atoms with Crippen molar-refractivity contribution in [3.05, 3.63) is 0 Å². The Kier molecular flexibility index (Phi) is 4.14. The summed E-state index contributed by atoms with van der Waals surface area (Å²) in [6, 6.07) is 0. The molecule has 16 heavy (non-hydrogen) atoms. The number of nitrogens with one attached hydrogen (secondary N) is 2. The zero-order valence-corrected chi connectivity index (χ0v) is 10.9. The molecular formula is C12H22N2OS. The molecule has 0 aromatic rings. The van der Waals surface area contributed by atoms with Gasteiger partial charge in [0.2, 0.25) is 5.91 Å². The molecule has 2 fully saturated rings. The molecule has 0 bridgehead atoms. The van der Waals surface area contributed by atoms with Crippen LogP contribution in [0, 0.1) is 5.92 Å². The summed E-state index contributed by atoms with van der Waals surface area (Å²) >= 11 is 2.01. The fraction of sp³-hybridized carbons (Fsp3) is 0.917. The standard InChI is InChI=1S/C12H22N2OS/c1-12(5-2-8-16-12)9-14-11(15)10-3-6-13-7-4-10/h10,13H,2-9H2,1H3,(H,14,15). The van der Waals surface area contributed by atoms with Gasteiger partial charge in [0.1, 0.15) is 0 Å². The molecule has 2 aliphatic rings. The number of piperidine rings is 1. The van der Waals surface area contributed by atoms with E-state index in [1.165, 1.54) is 18.6 Å². The van der Waals surface area contributed by atoms with Crippen molar-refractivity contribution in [3.8, 4) is 0 Å². The number of carbonyl (C=O) groups excluding carboxylic acids is 1.